The summed E-state index contributed by atoms with van der Waals surface area (Å²) in [5.74, 6) is 1.71. The van der Waals surface area contributed by atoms with Crippen LogP contribution in [0.5, 0.6) is 5.75 Å². The van der Waals surface area contributed by atoms with Crippen molar-refractivity contribution in [2.24, 2.45) is 0 Å². The van der Waals surface area contributed by atoms with E-state index in [1.165, 1.54) is 11.8 Å². The summed E-state index contributed by atoms with van der Waals surface area (Å²) in [6.45, 7) is 9.24. The first-order valence-electron chi connectivity index (χ1n) is 9.72. The van der Waals surface area contributed by atoms with E-state index < -0.39 is 0 Å². The summed E-state index contributed by atoms with van der Waals surface area (Å²) < 4.78 is 7.84. The molecule has 0 aliphatic heterocycles. The van der Waals surface area contributed by atoms with E-state index in [0.29, 0.717) is 30.7 Å². The molecule has 0 aliphatic carbocycles. The zero-order chi connectivity index (χ0) is 21.3. The van der Waals surface area contributed by atoms with Crippen LogP contribution in [0.1, 0.15) is 22.5 Å². The number of allylic oxidation sites excluding steroid dienone is 1. The van der Waals surface area contributed by atoms with Crippen LogP contribution < -0.4 is 10.1 Å². The van der Waals surface area contributed by atoms with Crippen LogP contribution in [0.3, 0.4) is 0 Å². The first kappa shape index (κ1) is 21.6. The molecule has 0 radical (unpaired) electrons. The number of hydrogen-bond donors (Lipinski definition) is 1. The number of carbonyl (C=O) groups excluding carboxylic acids is 1. The molecule has 6 nitrogen and oxygen atoms in total. The van der Waals surface area contributed by atoms with Gasteiger partial charge in [-0.05, 0) is 42.7 Å². The van der Waals surface area contributed by atoms with Crippen molar-refractivity contribution >= 4 is 17.7 Å². The number of ether oxygens (including phenoxy) is 1. The van der Waals surface area contributed by atoms with Gasteiger partial charge in [0.1, 0.15) is 12.4 Å². The number of benzene rings is 2. The largest absolute Gasteiger partial charge is 0.486 e. The topological polar surface area (TPSA) is 69.0 Å². The molecule has 0 fully saturated rings. The number of carbonyl (C=O) groups is 1. The Morgan fingerprint density at radius 1 is 1.17 bits per heavy atom. The van der Waals surface area contributed by atoms with Gasteiger partial charge in [0, 0.05) is 13.1 Å². The molecular weight excluding hydrogens is 396 g/mol. The van der Waals surface area contributed by atoms with Crippen molar-refractivity contribution < 1.29 is 9.53 Å². The summed E-state index contributed by atoms with van der Waals surface area (Å²) in [6, 6.07) is 15.9. The third-order valence-electron chi connectivity index (χ3n) is 4.33. The van der Waals surface area contributed by atoms with Crippen LogP contribution in [-0.2, 0) is 24.5 Å². The number of amides is 1. The average molecular weight is 423 g/mol. The van der Waals surface area contributed by atoms with E-state index >= 15 is 0 Å². The Bertz CT molecular complexity index is 981. The van der Waals surface area contributed by atoms with Gasteiger partial charge in [-0.2, -0.15) is 0 Å². The summed E-state index contributed by atoms with van der Waals surface area (Å²) in [6.07, 6.45) is 1.78. The minimum absolute atomic E-state index is 0.0509. The molecule has 0 spiro atoms. The molecule has 0 atom stereocenters. The first-order chi connectivity index (χ1) is 14.5. The molecule has 0 aliphatic rings. The monoisotopic (exact) mass is 422 g/mol. The van der Waals surface area contributed by atoms with E-state index in [4.69, 9.17) is 4.74 Å². The second-order valence-corrected chi connectivity index (χ2v) is 7.90. The van der Waals surface area contributed by atoms with Gasteiger partial charge in [-0.25, -0.2) is 0 Å². The average Bonchev–Trinajstić information content (AvgIpc) is 3.11. The molecule has 156 valence electrons. The van der Waals surface area contributed by atoms with Crippen LogP contribution in [0, 0.1) is 13.8 Å². The van der Waals surface area contributed by atoms with Crippen molar-refractivity contribution in [2.45, 2.75) is 38.7 Å². The maximum atomic E-state index is 12.2. The Labute approximate surface area is 181 Å². The number of nitrogens with one attached hydrogen (secondary N) is 1. The number of aryl methyl sites for hydroxylation is 2. The first-order valence-corrected chi connectivity index (χ1v) is 10.7. The molecule has 3 aromatic rings. The number of nitrogens with zero attached hydrogens (tertiary/aromatic N) is 3. The van der Waals surface area contributed by atoms with Gasteiger partial charge in [0.05, 0.1) is 5.75 Å². The van der Waals surface area contributed by atoms with Gasteiger partial charge < -0.3 is 10.1 Å². The van der Waals surface area contributed by atoms with E-state index in [0.717, 1.165) is 22.4 Å². The lowest BCUT2D eigenvalue weighted by atomic mass is 10.1. The van der Waals surface area contributed by atoms with Crippen LogP contribution in [0.2, 0.25) is 0 Å². The standard InChI is InChI=1S/C23H26N4O2S/c1-4-10-27-21(15-29-20-12-17(2)11-18(3)13-20)25-26-23(27)30-16-22(28)24-14-19-8-6-5-7-9-19/h4-9,11-13H,1,10,14-16H2,2-3H3,(H,24,28). The quantitative estimate of drug-likeness (QED) is 0.394. The number of rotatable bonds is 10. The van der Waals surface area contributed by atoms with E-state index in [-0.39, 0.29) is 11.7 Å². The van der Waals surface area contributed by atoms with Crippen molar-refractivity contribution in [1.82, 2.24) is 20.1 Å². The zero-order valence-corrected chi connectivity index (χ0v) is 18.1. The van der Waals surface area contributed by atoms with Crippen LogP contribution >= 0.6 is 11.8 Å². The summed E-state index contributed by atoms with van der Waals surface area (Å²) in [5, 5.41) is 12.1. The molecule has 0 bridgehead atoms. The lowest BCUT2D eigenvalue weighted by molar-refractivity contribution is -0.118. The van der Waals surface area contributed by atoms with Crippen LogP contribution in [0.4, 0.5) is 0 Å². The zero-order valence-electron chi connectivity index (χ0n) is 17.3. The van der Waals surface area contributed by atoms with Crippen molar-refractivity contribution in [3.05, 3.63) is 83.7 Å². The minimum Gasteiger partial charge on any atom is -0.486 e. The van der Waals surface area contributed by atoms with Crippen molar-refractivity contribution in [2.75, 3.05) is 5.75 Å². The Balaban J connectivity index is 1.57. The van der Waals surface area contributed by atoms with Gasteiger partial charge in [-0.3, -0.25) is 9.36 Å². The fourth-order valence-electron chi connectivity index (χ4n) is 2.99. The third kappa shape index (κ3) is 6.22. The molecule has 1 amide bonds. The smallest absolute Gasteiger partial charge is 0.230 e. The second-order valence-electron chi connectivity index (χ2n) is 6.96. The maximum Gasteiger partial charge on any atom is 0.230 e. The molecular formula is C23H26N4O2S. The van der Waals surface area contributed by atoms with Gasteiger partial charge in [-0.1, -0.05) is 54.2 Å². The lowest BCUT2D eigenvalue weighted by Gasteiger charge is -2.10. The fourth-order valence-corrected chi connectivity index (χ4v) is 3.78. The predicted molar refractivity (Wildman–Crippen MR) is 119 cm³/mol. The lowest BCUT2D eigenvalue weighted by Crippen LogP contribution is -2.24. The van der Waals surface area contributed by atoms with E-state index in [1.54, 1.807) is 6.08 Å². The molecule has 1 aromatic heterocycles. The fraction of sp³-hybridized carbons (Fsp3) is 0.261. The van der Waals surface area contributed by atoms with Gasteiger partial charge in [0.2, 0.25) is 5.91 Å². The highest BCUT2D eigenvalue weighted by Crippen LogP contribution is 2.20. The Morgan fingerprint density at radius 2 is 1.90 bits per heavy atom. The van der Waals surface area contributed by atoms with Crippen molar-refractivity contribution in [1.29, 1.82) is 0 Å². The second kappa shape index (κ2) is 10.6. The van der Waals surface area contributed by atoms with Crippen LogP contribution in [0.15, 0.2) is 66.3 Å². The summed E-state index contributed by atoms with van der Waals surface area (Å²) in [5.41, 5.74) is 3.36. The van der Waals surface area contributed by atoms with Gasteiger partial charge in [-0.15, -0.1) is 16.8 Å². The molecule has 7 heteroatoms. The Morgan fingerprint density at radius 3 is 2.60 bits per heavy atom. The molecule has 1 N–H and O–H groups in total. The highest BCUT2D eigenvalue weighted by atomic mass is 32.2. The minimum atomic E-state index is -0.0509. The maximum absolute atomic E-state index is 12.2. The van der Waals surface area contributed by atoms with Gasteiger partial charge in [0.25, 0.3) is 0 Å². The van der Waals surface area contributed by atoms with Gasteiger partial charge >= 0.3 is 0 Å². The highest BCUT2D eigenvalue weighted by Gasteiger charge is 2.14. The van der Waals surface area contributed by atoms with Crippen LogP contribution in [0.25, 0.3) is 0 Å². The molecule has 3 rings (SSSR count). The van der Waals surface area contributed by atoms with E-state index in [2.05, 4.69) is 28.2 Å². The summed E-state index contributed by atoms with van der Waals surface area (Å²) in [7, 11) is 0. The van der Waals surface area contributed by atoms with Crippen molar-refractivity contribution in [3.63, 3.8) is 0 Å². The van der Waals surface area contributed by atoms with E-state index in [1.807, 2.05) is 60.9 Å². The number of thioether (sulfide) groups is 1. The molecule has 0 unspecified atom stereocenters. The number of aromatic nitrogens is 3. The molecule has 2 aromatic carbocycles. The SMILES string of the molecule is C=CCn1c(COc2cc(C)cc(C)c2)nnc1SCC(=O)NCc1ccccc1. The predicted octanol–water partition coefficient (Wildman–Crippen LogP) is 4.07. The molecule has 1 heterocycles. The van der Waals surface area contributed by atoms with E-state index in [9.17, 15) is 4.79 Å². The highest BCUT2D eigenvalue weighted by molar-refractivity contribution is 7.99. The molecule has 0 saturated carbocycles. The summed E-state index contributed by atoms with van der Waals surface area (Å²) >= 11 is 1.35. The normalized spacial score (nSPS) is 10.6. The molecule has 30 heavy (non-hydrogen) atoms. The Kier molecular flexibility index (Phi) is 7.68. The third-order valence-corrected chi connectivity index (χ3v) is 5.30. The number of hydrogen-bond acceptors (Lipinski definition) is 5. The Hall–Kier alpha value is -3.06. The van der Waals surface area contributed by atoms with Crippen molar-refractivity contribution in [3.8, 4) is 5.75 Å². The van der Waals surface area contributed by atoms with Crippen LogP contribution in [-0.4, -0.2) is 26.4 Å². The summed E-state index contributed by atoms with van der Waals surface area (Å²) in [4.78, 5) is 12.2. The molecule has 0 saturated heterocycles. The van der Waals surface area contributed by atoms with Gasteiger partial charge in [0.15, 0.2) is 11.0 Å².